The lowest BCUT2D eigenvalue weighted by atomic mass is 10.1. The van der Waals surface area contributed by atoms with Crippen molar-refractivity contribution in [3.63, 3.8) is 0 Å². The Morgan fingerprint density at radius 1 is 1.12 bits per heavy atom. The fraction of sp³-hybridized carbons (Fsp3) is 0.167. The van der Waals surface area contributed by atoms with E-state index in [0.717, 1.165) is 10.6 Å². The second kappa shape index (κ2) is 6.80. The fourth-order valence-corrected chi connectivity index (χ4v) is 3.21. The van der Waals surface area contributed by atoms with Crippen molar-refractivity contribution < 1.29 is 9.59 Å². The molecular formula is C18H17N3O2S. The average molecular weight is 339 g/mol. The molecular weight excluding hydrogens is 322 g/mol. The number of Topliss-reactive ketones (excluding diaryl/α,β-unsaturated/α-hetero) is 1. The van der Waals surface area contributed by atoms with Crippen LogP contribution in [0.2, 0.25) is 0 Å². The minimum Gasteiger partial charge on any atom is -0.344 e. The first-order valence-electron chi connectivity index (χ1n) is 7.54. The molecule has 24 heavy (non-hydrogen) atoms. The number of thiophene rings is 1. The second-order valence-electron chi connectivity index (χ2n) is 5.38. The summed E-state index contributed by atoms with van der Waals surface area (Å²) in [5.41, 5.74) is 2.43. The maximum absolute atomic E-state index is 12.5. The summed E-state index contributed by atoms with van der Waals surface area (Å²) in [6.07, 6.45) is 0. The minimum atomic E-state index is -0.609. The van der Waals surface area contributed by atoms with Gasteiger partial charge in [-0.15, -0.1) is 11.3 Å². The van der Waals surface area contributed by atoms with E-state index >= 15 is 0 Å². The van der Waals surface area contributed by atoms with Crippen molar-refractivity contribution in [1.82, 2.24) is 15.1 Å². The monoisotopic (exact) mass is 339 g/mol. The largest absolute Gasteiger partial charge is 0.344 e. The molecule has 0 saturated heterocycles. The van der Waals surface area contributed by atoms with E-state index in [9.17, 15) is 9.59 Å². The van der Waals surface area contributed by atoms with Gasteiger partial charge in [-0.2, -0.15) is 5.10 Å². The van der Waals surface area contributed by atoms with Crippen LogP contribution in [0.15, 0.2) is 47.8 Å². The number of amides is 1. The third-order valence-corrected chi connectivity index (χ3v) is 4.61. The molecule has 0 radical (unpaired) electrons. The normalized spacial score (nSPS) is 10.6. The summed E-state index contributed by atoms with van der Waals surface area (Å²) in [6, 6.07) is 13.4. The van der Waals surface area contributed by atoms with E-state index in [2.05, 4.69) is 10.4 Å². The minimum absolute atomic E-state index is 0.354. The Balaban J connectivity index is 1.82. The average Bonchev–Trinajstić information content (AvgIpc) is 3.21. The van der Waals surface area contributed by atoms with Gasteiger partial charge in [-0.1, -0.05) is 24.3 Å². The van der Waals surface area contributed by atoms with Gasteiger partial charge in [-0.3, -0.25) is 9.59 Å². The predicted octanol–water partition coefficient (Wildman–Crippen LogP) is 3.05. The molecule has 2 aromatic heterocycles. The van der Waals surface area contributed by atoms with E-state index in [-0.39, 0.29) is 0 Å². The highest BCUT2D eigenvalue weighted by Gasteiger charge is 2.24. The van der Waals surface area contributed by atoms with E-state index in [0.29, 0.717) is 23.5 Å². The molecule has 0 aliphatic carbocycles. The Morgan fingerprint density at radius 3 is 2.54 bits per heavy atom. The molecule has 1 N–H and O–H groups in total. The summed E-state index contributed by atoms with van der Waals surface area (Å²) in [5, 5.41) is 9.02. The second-order valence-corrected chi connectivity index (χ2v) is 6.42. The van der Waals surface area contributed by atoms with Crippen molar-refractivity contribution in [3.8, 4) is 5.69 Å². The first-order chi connectivity index (χ1) is 11.6. The maximum Gasteiger partial charge on any atom is 0.292 e. The zero-order chi connectivity index (χ0) is 17.1. The van der Waals surface area contributed by atoms with Crippen molar-refractivity contribution in [2.75, 3.05) is 0 Å². The fourth-order valence-electron chi connectivity index (χ4n) is 2.57. The van der Waals surface area contributed by atoms with Gasteiger partial charge in [0.1, 0.15) is 0 Å². The van der Waals surface area contributed by atoms with Gasteiger partial charge in [0.25, 0.3) is 11.7 Å². The first kappa shape index (κ1) is 16.1. The molecule has 5 nitrogen and oxygen atoms in total. The highest BCUT2D eigenvalue weighted by atomic mass is 32.1. The Morgan fingerprint density at radius 2 is 1.88 bits per heavy atom. The van der Waals surface area contributed by atoms with Crippen LogP contribution < -0.4 is 5.32 Å². The lowest BCUT2D eigenvalue weighted by Gasteiger charge is -2.05. The number of ketones is 1. The summed E-state index contributed by atoms with van der Waals surface area (Å²) in [7, 11) is 0. The molecule has 2 heterocycles. The number of nitrogens with zero attached hydrogens (tertiary/aromatic N) is 2. The zero-order valence-electron chi connectivity index (χ0n) is 13.4. The van der Waals surface area contributed by atoms with Crippen molar-refractivity contribution in [2.45, 2.75) is 20.4 Å². The predicted molar refractivity (Wildman–Crippen MR) is 93.5 cm³/mol. The van der Waals surface area contributed by atoms with Crippen LogP contribution in [0.1, 0.15) is 26.6 Å². The summed E-state index contributed by atoms with van der Waals surface area (Å²) >= 11 is 1.54. The molecule has 0 bridgehead atoms. The van der Waals surface area contributed by atoms with Crippen LogP contribution in [-0.4, -0.2) is 21.5 Å². The third-order valence-electron chi connectivity index (χ3n) is 3.73. The van der Waals surface area contributed by atoms with Crippen molar-refractivity contribution in [1.29, 1.82) is 0 Å². The topological polar surface area (TPSA) is 64.0 Å². The van der Waals surface area contributed by atoms with Crippen LogP contribution in [0, 0.1) is 13.8 Å². The zero-order valence-corrected chi connectivity index (χ0v) is 14.3. The van der Waals surface area contributed by atoms with Crippen LogP contribution in [0.4, 0.5) is 0 Å². The van der Waals surface area contributed by atoms with Gasteiger partial charge in [0.15, 0.2) is 0 Å². The van der Waals surface area contributed by atoms with Crippen LogP contribution in [0.3, 0.4) is 0 Å². The highest BCUT2D eigenvalue weighted by Crippen LogP contribution is 2.18. The molecule has 6 heteroatoms. The molecule has 0 spiro atoms. The van der Waals surface area contributed by atoms with E-state index in [1.165, 1.54) is 11.3 Å². The summed E-state index contributed by atoms with van der Waals surface area (Å²) in [4.78, 5) is 25.7. The first-order valence-corrected chi connectivity index (χ1v) is 8.42. The smallest absolute Gasteiger partial charge is 0.292 e. The molecule has 0 saturated carbocycles. The van der Waals surface area contributed by atoms with Gasteiger partial charge in [-0.05, 0) is 37.4 Å². The van der Waals surface area contributed by atoms with Gasteiger partial charge < -0.3 is 5.32 Å². The Labute approximate surface area is 143 Å². The summed E-state index contributed by atoms with van der Waals surface area (Å²) < 4.78 is 1.69. The molecule has 122 valence electrons. The number of aryl methyl sites for hydroxylation is 1. The molecule has 0 unspecified atom stereocenters. The van der Waals surface area contributed by atoms with E-state index < -0.39 is 11.7 Å². The number of hydrogen-bond donors (Lipinski definition) is 1. The van der Waals surface area contributed by atoms with Gasteiger partial charge in [0, 0.05) is 4.88 Å². The summed E-state index contributed by atoms with van der Waals surface area (Å²) in [5.74, 6) is -1.16. The lowest BCUT2D eigenvalue weighted by Crippen LogP contribution is -2.31. The van der Waals surface area contributed by atoms with Crippen molar-refractivity contribution in [3.05, 3.63) is 69.7 Å². The number of aromatic nitrogens is 2. The Kier molecular flexibility index (Phi) is 4.57. The van der Waals surface area contributed by atoms with Crippen LogP contribution in [0.25, 0.3) is 5.69 Å². The molecule has 1 aromatic carbocycles. The number of para-hydroxylation sites is 1. The maximum atomic E-state index is 12.5. The molecule has 1 amide bonds. The third kappa shape index (κ3) is 3.14. The standard InChI is InChI=1S/C18H17N3O2S/c1-12-16(13(2)21(20-12)14-7-4-3-5-8-14)17(22)18(23)19-11-15-9-6-10-24-15/h3-10H,11H2,1-2H3,(H,19,23). The lowest BCUT2D eigenvalue weighted by molar-refractivity contribution is -0.117. The van der Waals surface area contributed by atoms with Crippen molar-refractivity contribution in [2.24, 2.45) is 0 Å². The van der Waals surface area contributed by atoms with E-state index in [1.807, 2.05) is 47.8 Å². The molecule has 0 fully saturated rings. The van der Waals surface area contributed by atoms with Gasteiger partial charge in [0.05, 0.1) is 29.2 Å². The number of benzene rings is 1. The number of nitrogens with one attached hydrogen (secondary N) is 1. The molecule has 0 atom stereocenters. The number of hydrogen-bond acceptors (Lipinski definition) is 4. The number of carbonyl (C=O) groups excluding carboxylic acids is 2. The van der Waals surface area contributed by atoms with Crippen LogP contribution in [0.5, 0.6) is 0 Å². The van der Waals surface area contributed by atoms with E-state index in [4.69, 9.17) is 0 Å². The van der Waals surface area contributed by atoms with Crippen molar-refractivity contribution >= 4 is 23.0 Å². The number of carbonyl (C=O) groups is 2. The van der Waals surface area contributed by atoms with Crippen LogP contribution >= 0.6 is 11.3 Å². The molecule has 3 aromatic rings. The van der Waals surface area contributed by atoms with Crippen LogP contribution in [-0.2, 0) is 11.3 Å². The SMILES string of the molecule is Cc1nn(-c2ccccc2)c(C)c1C(=O)C(=O)NCc1cccs1. The van der Waals surface area contributed by atoms with Gasteiger partial charge >= 0.3 is 0 Å². The number of rotatable bonds is 5. The summed E-state index contributed by atoms with van der Waals surface area (Å²) in [6.45, 7) is 3.90. The Hall–Kier alpha value is -2.73. The Bertz CT molecular complexity index is 867. The van der Waals surface area contributed by atoms with E-state index in [1.54, 1.807) is 18.5 Å². The van der Waals surface area contributed by atoms with Gasteiger partial charge in [-0.25, -0.2) is 4.68 Å². The molecule has 0 aliphatic heterocycles. The molecule has 0 aliphatic rings. The van der Waals surface area contributed by atoms with Gasteiger partial charge in [0.2, 0.25) is 0 Å². The highest BCUT2D eigenvalue weighted by molar-refractivity contribution is 7.09. The molecule has 3 rings (SSSR count). The quantitative estimate of drug-likeness (QED) is 0.574.